The van der Waals surface area contributed by atoms with Crippen LogP contribution in [0.1, 0.15) is 58.6 Å². The number of aryl methyl sites for hydroxylation is 1. The summed E-state index contributed by atoms with van der Waals surface area (Å²) in [6.45, 7) is 15.7. The second kappa shape index (κ2) is 6.39. The lowest BCUT2D eigenvalue weighted by atomic mass is 10.00. The molecule has 0 bridgehead atoms. The summed E-state index contributed by atoms with van der Waals surface area (Å²) in [6.07, 6.45) is 2.67. The Balaban J connectivity index is 2.12. The van der Waals surface area contributed by atoms with Crippen molar-refractivity contribution >= 4 is 5.69 Å². The molecule has 1 aliphatic rings. The van der Waals surface area contributed by atoms with Crippen molar-refractivity contribution in [3.8, 4) is 0 Å². The van der Waals surface area contributed by atoms with Gasteiger partial charge in [-0.15, -0.1) is 0 Å². The normalized spacial score (nSPS) is 19.6. The van der Waals surface area contributed by atoms with Gasteiger partial charge in [0.05, 0.1) is 0 Å². The Hall–Kier alpha value is -1.02. The number of hydrogen-bond donors (Lipinski definition) is 1. The van der Waals surface area contributed by atoms with Crippen molar-refractivity contribution < 1.29 is 0 Å². The molecular formula is C19H32N2. The van der Waals surface area contributed by atoms with E-state index in [1.807, 2.05) is 0 Å². The fraction of sp³-hybridized carbons (Fsp3) is 0.684. The first-order chi connectivity index (χ1) is 9.78. The number of nitrogens with one attached hydrogen (secondary N) is 1. The Morgan fingerprint density at radius 2 is 2.00 bits per heavy atom. The van der Waals surface area contributed by atoms with E-state index in [0.29, 0.717) is 6.04 Å². The molecule has 1 saturated heterocycles. The quantitative estimate of drug-likeness (QED) is 0.877. The van der Waals surface area contributed by atoms with Gasteiger partial charge in [-0.05, 0) is 63.6 Å². The van der Waals surface area contributed by atoms with Crippen molar-refractivity contribution in [1.29, 1.82) is 0 Å². The van der Waals surface area contributed by atoms with Crippen LogP contribution in [-0.2, 0) is 6.54 Å². The van der Waals surface area contributed by atoms with E-state index in [1.54, 1.807) is 0 Å². The lowest BCUT2D eigenvalue weighted by molar-refractivity contribution is 0.424. The summed E-state index contributed by atoms with van der Waals surface area (Å²) in [5.74, 6) is 0.731. The Morgan fingerprint density at radius 1 is 1.29 bits per heavy atom. The number of hydrogen-bond acceptors (Lipinski definition) is 2. The molecule has 2 heteroatoms. The van der Waals surface area contributed by atoms with Crippen LogP contribution in [0.15, 0.2) is 18.2 Å². The molecule has 1 aromatic rings. The lowest BCUT2D eigenvalue weighted by Gasteiger charge is -2.31. The molecule has 1 aliphatic heterocycles. The first kappa shape index (κ1) is 16.4. The van der Waals surface area contributed by atoms with E-state index >= 15 is 0 Å². The molecule has 118 valence electrons. The summed E-state index contributed by atoms with van der Waals surface area (Å²) in [4.78, 5) is 2.63. The van der Waals surface area contributed by atoms with E-state index in [4.69, 9.17) is 0 Å². The van der Waals surface area contributed by atoms with Gasteiger partial charge in [0.15, 0.2) is 0 Å². The van der Waals surface area contributed by atoms with E-state index in [-0.39, 0.29) is 5.54 Å². The van der Waals surface area contributed by atoms with Crippen LogP contribution >= 0.6 is 0 Å². The minimum absolute atomic E-state index is 0.171. The zero-order valence-corrected chi connectivity index (χ0v) is 14.7. The summed E-state index contributed by atoms with van der Waals surface area (Å²) in [5, 5.41) is 3.57. The van der Waals surface area contributed by atoms with Gasteiger partial charge in [0.2, 0.25) is 0 Å². The number of benzene rings is 1. The van der Waals surface area contributed by atoms with Crippen LogP contribution in [0, 0.1) is 12.8 Å². The first-order valence-corrected chi connectivity index (χ1v) is 8.39. The standard InChI is InChI=1S/C19H32N2/c1-14(2)17-8-7-11-21(17)18-10-9-16(12-15(18)3)13-20-19(4,5)6/h9-10,12,14,17,20H,7-8,11,13H2,1-6H3. The van der Waals surface area contributed by atoms with Gasteiger partial charge >= 0.3 is 0 Å². The van der Waals surface area contributed by atoms with Gasteiger partial charge in [0.25, 0.3) is 0 Å². The first-order valence-electron chi connectivity index (χ1n) is 8.39. The van der Waals surface area contributed by atoms with Crippen molar-refractivity contribution in [3.05, 3.63) is 29.3 Å². The fourth-order valence-corrected chi connectivity index (χ4v) is 3.30. The summed E-state index contributed by atoms with van der Waals surface area (Å²) in [6, 6.07) is 7.68. The molecule has 0 aromatic heterocycles. The summed E-state index contributed by atoms with van der Waals surface area (Å²) < 4.78 is 0. The van der Waals surface area contributed by atoms with E-state index in [2.05, 4.69) is 70.0 Å². The molecule has 0 aliphatic carbocycles. The third-order valence-corrected chi connectivity index (χ3v) is 4.46. The third kappa shape index (κ3) is 4.23. The van der Waals surface area contributed by atoms with E-state index < -0.39 is 0 Å². The minimum atomic E-state index is 0.171. The van der Waals surface area contributed by atoms with Gasteiger partial charge in [-0.25, -0.2) is 0 Å². The maximum atomic E-state index is 3.57. The van der Waals surface area contributed by atoms with Gasteiger partial charge in [-0.1, -0.05) is 26.0 Å². The third-order valence-electron chi connectivity index (χ3n) is 4.46. The minimum Gasteiger partial charge on any atom is -0.368 e. The molecule has 1 N–H and O–H groups in total. The average molecular weight is 288 g/mol. The summed E-state index contributed by atoms with van der Waals surface area (Å²) >= 11 is 0. The van der Waals surface area contributed by atoms with Crippen LogP contribution in [-0.4, -0.2) is 18.1 Å². The van der Waals surface area contributed by atoms with Crippen molar-refractivity contribution in [1.82, 2.24) is 5.32 Å². The summed E-state index contributed by atoms with van der Waals surface area (Å²) in [7, 11) is 0. The molecule has 1 unspecified atom stereocenters. The Labute approximate surface area is 130 Å². The van der Waals surface area contributed by atoms with E-state index in [1.165, 1.54) is 36.2 Å². The Bertz CT molecular complexity index is 471. The smallest absolute Gasteiger partial charge is 0.0398 e. The highest BCUT2D eigenvalue weighted by molar-refractivity contribution is 5.56. The molecule has 0 amide bonds. The summed E-state index contributed by atoms with van der Waals surface area (Å²) in [5.41, 5.74) is 4.40. The molecule has 21 heavy (non-hydrogen) atoms. The number of rotatable bonds is 4. The van der Waals surface area contributed by atoms with Gasteiger partial charge in [-0.3, -0.25) is 0 Å². The predicted octanol–water partition coefficient (Wildman–Crippen LogP) is 4.51. The van der Waals surface area contributed by atoms with Crippen molar-refractivity contribution in [3.63, 3.8) is 0 Å². The second-order valence-electron chi connectivity index (χ2n) is 7.87. The predicted molar refractivity (Wildman–Crippen MR) is 93.0 cm³/mol. The van der Waals surface area contributed by atoms with Crippen molar-refractivity contribution in [2.24, 2.45) is 5.92 Å². The van der Waals surface area contributed by atoms with Gasteiger partial charge < -0.3 is 10.2 Å². The molecule has 0 radical (unpaired) electrons. The molecular weight excluding hydrogens is 256 g/mol. The highest BCUT2D eigenvalue weighted by Gasteiger charge is 2.27. The van der Waals surface area contributed by atoms with Crippen LogP contribution in [0.3, 0.4) is 0 Å². The largest absolute Gasteiger partial charge is 0.368 e. The molecule has 2 rings (SSSR count). The van der Waals surface area contributed by atoms with E-state index in [0.717, 1.165) is 12.5 Å². The number of anilines is 1. The monoisotopic (exact) mass is 288 g/mol. The molecule has 1 fully saturated rings. The highest BCUT2D eigenvalue weighted by Crippen LogP contribution is 2.32. The zero-order chi connectivity index (χ0) is 15.6. The zero-order valence-electron chi connectivity index (χ0n) is 14.7. The molecule has 0 saturated carbocycles. The van der Waals surface area contributed by atoms with Crippen LogP contribution in [0.25, 0.3) is 0 Å². The Kier molecular flexibility index (Phi) is 4.98. The molecule has 1 heterocycles. The van der Waals surface area contributed by atoms with E-state index in [9.17, 15) is 0 Å². The number of nitrogens with zero attached hydrogens (tertiary/aromatic N) is 1. The molecule has 1 atom stereocenters. The van der Waals surface area contributed by atoms with Gasteiger partial charge in [-0.2, -0.15) is 0 Å². The fourth-order valence-electron chi connectivity index (χ4n) is 3.30. The van der Waals surface area contributed by atoms with Crippen molar-refractivity contribution in [2.45, 2.75) is 72.5 Å². The Morgan fingerprint density at radius 3 is 2.57 bits per heavy atom. The van der Waals surface area contributed by atoms with Crippen LogP contribution in [0.5, 0.6) is 0 Å². The molecule has 2 nitrogen and oxygen atoms in total. The molecule has 1 aromatic carbocycles. The lowest BCUT2D eigenvalue weighted by Crippen LogP contribution is -2.35. The maximum Gasteiger partial charge on any atom is 0.0398 e. The van der Waals surface area contributed by atoms with Crippen LogP contribution < -0.4 is 10.2 Å². The maximum absolute atomic E-state index is 3.57. The van der Waals surface area contributed by atoms with Gasteiger partial charge in [0.1, 0.15) is 0 Å². The average Bonchev–Trinajstić information content (AvgIpc) is 2.84. The van der Waals surface area contributed by atoms with Crippen LogP contribution in [0.4, 0.5) is 5.69 Å². The molecule has 0 spiro atoms. The van der Waals surface area contributed by atoms with Crippen LogP contribution in [0.2, 0.25) is 0 Å². The highest BCUT2D eigenvalue weighted by atomic mass is 15.2. The second-order valence-corrected chi connectivity index (χ2v) is 7.87. The topological polar surface area (TPSA) is 15.3 Å². The van der Waals surface area contributed by atoms with Crippen molar-refractivity contribution in [2.75, 3.05) is 11.4 Å². The van der Waals surface area contributed by atoms with Gasteiger partial charge in [0, 0.05) is 30.4 Å². The SMILES string of the molecule is Cc1cc(CNC(C)(C)C)ccc1N1CCCC1C(C)C.